The number of halogens is 2. The molecule has 8 aromatic carbocycles. The van der Waals surface area contributed by atoms with Gasteiger partial charge < -0.3 is 6.92 Å². The maximum atomic E-state index is 4.93. The van der Waals surface area contributed by atoms with Gasteiger partial charge in [0, 0.05) is 0 Å². The van der Waals surface area contributed by atoms with Gasteiger partial charge in [-0.2, -0.15) is 19.1 Å². The maximum absolute atomic E-state index is 4.93. The molecule has 8 rings (SSSR count). The fourth-order valence-electron chi connectivity index (χ4n) is 6.99. The van der Waals surface area contributed by atoms with Crippen LogP contribution in [0.5, 0.6) is 0 Å². The van der Waals surface area contributed by atoms with Crippen LogP contribution in [0.2, 0.25) is 0 Å². The molecule has 0 unspecified atom stereocenters. The first-order chi connectivity index (χ1) is 24.7. The molecule has 3 heteroatoms. The molecule has 0 saturated heterocycles. The molecule has 0 atom stereocenters. The average molecular weight is 786 g/mol. The summed E-state index contributed by atoms with van der Waals surface area (Å²) >= 11 is -0.826. The Bertz CT molecular complexity index is 2190. The summed E-state index contributed by atoms with van der Waals surface area (Å²) in [6.07, 6.45) is 0. The van der Waals surface area contributed by atoms with E-state index in [9.17, 15) is 0 Å². The Hall–Kier alpha value is -3.48. The van der Waals surface area contributed by atoms with E-state index in [2.05, 4.69) is 182 Å². The Morgan fingerprint density at radius 2 is 0.804 bits per heavy atom. The van der Waals surface area contributed by atoms with Crippen molar-refractivity contribution in [2.45, 2.75) is 60.3 Å². The van der Waals surface area contributed by atoms with E-state index in [1.54, 1.807) is 6.92 Å². The van der Waals surface area contributed by atoms with E-state index in [-0.39, 0.29) is 0 Å². The molecule has 0 nitrogen and oxygen atoms in total. The second-order valence-electron chi connectivity index (χ2n) is 13.5. The summed E-state index contributed by atoms with van der Waals surface area (Å²) in [7, 11) is 9.87. The normalized spacial score (nSPS) is 10.9. The quantitative estimate of drug-likeness (QED) is 0.156. The van der Waals surface area contributed by atoms with Crippen molar-refractivity contribution in [3.05, 3.63) is 163 Å². The predicted octanol–water partition coefficient (Wildman–Crippen LogP) is 15.8. The molecular weight excluding hydrogens is 739 g/mol. The Balaban J connectivity index is 0.000000176. The molecule has 0 heterocycles. The van der Waals surface area contributed by atoms with Crippen LogP contribution >= 0.6 is 17.0 Å². The standard InChI is InChI=1S/2C23H21.C2H5.2ClH.Zr/c2*1-15(2)18-13-22-16(3)11-12-21(23(22)14-18)20-10-6-8-17-7-4-5-9-19(17)20;1-2;;;/h2*4-15H,1-3H3;1H2,2H3;2*1H;/q3*-1;;;+2/p-2. The van der Waals surface area contributed by atoms with Gasteiger partial charge in [0.2, 0.25) is 0 Å². The van der Waals surface area contributed by atoms with Gasteiger partial charge in [0.25, 0.3) is 0 Å². The van der Waals surface area contributed by atoms with Crippen molar-refractivity contribution in [1.82, 2.24) is 0 Å². The second-order valence-corrected chi connectivity index (χ2v) is 17.3. The molecule has 0 radical (unpaired) electrons. The van der Waals surface area contributed by atoms with Crippen LogP contribution in [-0.2, 0) is 20.8 Å². The number of rotatable bonds is 4. The van der Waals surface area contributed by atoms with Crippen LogP contribution in [0.4, 0.5) is 0 Å². The average Bonchev–Trinajstić information content (AvgIpc) is 3.81. The van der Waals surface area contributed by atoms with Gasteiger partial charge in [-0.15, -0.1) is 68.1 Å². The van der Waals surface area contributed by atoms with Crippen molar-refractivity contribution in [3.63, 3.8) is 0 Å². The van der Waals surface area contributed by atoms with E-state index in [0.29, 0.717) is 11.8 Å². The van der Waals surface area contributed by atoms with E-state index >= 15 is 0 Å². The minimum absolute atomic E-state index is 0.558. The number of hydrogen-bond donors (Lipinski definition) is 0. The van der Waals surface area contributed by atoms with Crippen molar-refractivity contribution in [3.8, 4) is 22.3 Å². The Morgan fingerprint density at radius 3 is 1.18 bits per heavy atom. The third kappa shape index (κ3) is 8.44. The van der Waals surface area contributed by atoms with Gasteiger partial charge >= 0.3 is 37.9 Å². The van der Waals surface area contributed by atoms with Crippen LogP contribution in [-0.4, -0.2) is 0 Å². The second kappa shape index (κ2) is 17.8. The van der Waals surface area contributed by atoms with Gasteiger partial charge in [-0.1, -0.05) is 150 Å². The summed E-state index contributed by atoms with van der Waals surface area (Å²) < 4.78 is 0. The molecule has 8 aromatic rings. The Labute approximate surface area is 323 Å². The number of benzene rings is 6. The molecule has 0 N–H and O–H groups in total. The van der Waals surface area contributed by atoms with E-state index < -0.39 is 20.8 Å². The summed E-state index contributed by atoms with van der Waals surface area (Å²) in [5.41, 5.74) is 10.9. The zero-order chi connectivity index (χ0) is 36.7. The topological polar surface area (TPSA) is 0 Å². The van der Waals surface area contributed by atoms with Crippen LogP contribution in [0, 0.1) is 20.8 Å². The summed E-state index contributed by atoms with van der Waals surface area (Å²) in [4.78, 5) is 0. The van der Waals surface area contributed by atoms with E-state index in [1.807, 2.05) is 0 Å². The summed E-state index contributed by atoms with van der Waals surface area (Å²) in [5.74, 6) is 1.12. The number of aryl methyl sites for hydroxylation is 2. The molecule has 260 valence electrons. The van der Waals surface area contributed by atoms with Crippen LogP contribution < -0.4 is 0 Å². The Morgan fingerprint density at radius 1 is 0.471 bits per heavy atom. The van der Waals surface area contributed by atoms with Gasteiger partial charge in [-0.3, -0.25) is 0 Å². The molecule has 0 fully saturated rings. The predicted molar refractivity (Wildman–Crippen MR) is 225 cm³/mol. The van der Waals surface area contributed by atoms with Crippen molar-refractivity contribution in [2.24, 2.45) is 0 Å². The molecule has 0 saturated carbocycles. The number of fused-ring (bicyclic) bond motifs is 4. The van der Waals surface area contributed by atoms with Crippen molar-refractivity contribution >= 4 is 60.1 Å². The Kier molecular flexibility index (Phi) is 13.6. The molecule has 0 aliphatic rings. The van der Waals surface area contributed by atoms with E-state index in [1.165, 1.54) is 87.6 Å². The molecule has 0 aliphatic heterocycles. The molecule has 51 heavy (non-hydrogen) atoms. The minimum atomic E-state index is -0.826. The third-order valence-electron chi connectivity index (χ3n) is 9.75. The van der Waals surface area contributed by atoms with Gasteiger partial charge in [-0.05, 0) is 44.5 Å². The molecule has 0 aliphatic carbocycles. The first-order valence-electron chi connectivity index (χ1n) is 17.7. The first-order valence-corrected chi connectivity index (χ1v) is 24.1. The zero-order valence-corrected chi connectivity index (χ0v) is 34.8. The van der Waals surface area contributed by atoms with E-state index in [4.69, 9.17) is 17.0 Å². The first kappa shape index (κ1) is 38.7. The molecule has 0 bridgehead atoms. The zero-order valence-electron chi connectivity index (χ0n) is 30.8. The van der Waals surface area contributed by atoms with Crippen LogP contribution in [0.3, 0.4) is 0 Å². The summed E-state index contributed by atoms with van der Waals surface area (Å²) in [6, 6.07) is 49.0. The van der Waals surface area contributed by atoms with Gasteiger partial charge in [0.1, 0.15) is 0 Å². The fourth-order valence-corrected chi connectivity index (χ4v) is 6.99. The van der Waals surface area contributed by atoms with Crippen molar-refractivity contribution < 1.29 is 20.8 Å². The van der Waals surface area contributed by atoms with Crippen LogP contribution in [0.25, 0.3) is 65.3 Å². The van der Waals surface area contributed by atoms with Gasteiger partial charge in [0.15, 0.2) is 0 Å². The van der Waals surface area contributed by atoms with Crippen LogP contribution in [0.15, 0.2) is 133 Å². The molecule has 0 spiro atoms. The monoisotopic (exact) mass is 783 g/mol. The van der Waals surface area contributed by atoms with Gasteiger partial charge in [-0.25, -0.2) is 0 Å². The van der Waals surface area contributed by atoms with E-state index in [0.717, 1.165) is 0 Å². The molecule has 0 amide bonds. The van der Waals surface area contributed by atoms with Gasteiger partial charge in [0.05, 0.1) is 0 Å². The number of hydrogen-bond acceptors (Lipinski definition) is 0. The summed E-state index contributed by atoms with van der Waals surface area (Å²) in [5, 5.41) is 10.8. The molecule has 0 aromatic heterocycles. The van der Waals surface area contributed by atoms with Crippen LogP contribution in [0.1, 0.15) is 68.7 Å². The third-order valence-corrected chi connectivity index (χ3v) is 9.75. The van der Waals surface area contributed by atoms with Crippen molar-refractivity contribution in [2.75, 3.05) is 0 Å². The summed E-state index contributed by atoms with van der Waals surface area (Å²) in [6.45, 7) is 18.5. The van der Waals surface area contributed by atoms with Crippen molar-refractivity contribution in [1.29, 1.82) is 0 Å². The fraction of sp³-hybridized carbons (Fsp3) is 0.188. The SMILES string of the molecule is Cc1ccc(-c2cccc3ccccc23)c2cc(C(C)C)[cH-]c12.Cc1ccc(-c2cccc3ccccc23)c2cc(C(C)C)[cH-]c12.[CH2-]C.[Cl][Zr][Cl]. The molecular formula is C48H47Cl2Zr-3.